The van der Waals surface area contributed by atoms with Crippen LogP contribution in [0.5, 0.6) is 5.75 Å². The molecule has 0 heterocycles. The Morgan fingerprint density at radius 1 is 0.875 bits per heavy atom. The minimum atomic E-state index is -0.739. The molecule has 6 nitrogen and oxygen atoms in total. The topological polar surface area (TPSA) is 74.2 Å². The normalized spacial score (nSPS) is 11.2. The van der Waals surface area contributed by atoms with Crippen LogP contribution in [0.1, 0.15) is 55.4 Å². The maximum atomic E-state index is 10.7. The van der Waals surface area contributed by atoms with E-state index in [4.69, 9.17) is 24.1 Å². The molecule has 0 aliphatic rings. The van der Waals surface area contributed by atoms with E-state index in [-0.39, 0.29) is 20.0 Å². The average Bonchev–Trinajstić information content (AvgIpc) is 2.79. The van der Waals surface area contributed by atoms with Gasteiger partial charge in [0.2, 0.25) is 0 Å². The van der Waals surface area contributed by atoms with Crippen molar-refractivity contribution in [3.8, 4) is 5.75 Å². The highest BCUT2D eigenvalue weighted by Crippen LogP contribution is 2.21. The van der Waals surface area contributed by atoms with Crippen molar-refractivity contribution in [1.82, 2.24) is 0 Å². The number of carbonyl (C=O) groups is 1. The summed E-state index contributed by atoms with van der Waals surface area (Å²) in [6.45, 7) is 5.95. The van der Waals surface area contributed by atoms with Gasteiger partial charge in [-0.3, -0.25) is 4.79 Å². The van der Waals surface area contributed by atoms with Crippen LogP contribution in [0.25, 0.3) is 12.2 Å². The largest absolute Gasteiger partial charge is 0.481 e. The van der Waals surface area contributed by atoms with Gasteiger partial charge in [0, 0.05) is 19.6 Å². The van der Waals surface area contributed by atoms with Crippen LogP contribution in [0.4, 0.5) is 0 Å². The number of carboxylic acids is 1. The second kappa shape index (κ2) is 15.2. The zero-order valence-corrected chi connectivity index (χ0v) is 19.0. The zero-order valence-electron chi connectivity index (χ0n) is 19.0. The standard InChI is InChI=1S/C26H34O6/c1-3-29-19-31-18-24-15-23(16-25(17-24)32-20-30-4-2)13-12-22-10-7-9-21(14-22)8-5-6-11-26(27)28/h7,9-10,12-17H,3-6,8,11,18-20H2,1-2H3,(H,27,28). The number of carboxylic acid groups (broad SMARTS) is 1. The molecule has 174 valence electrons. The number of hydrogen-bond acceptors (Lipinski definition) is 5. The molecule has 0 aromatic heterocycles. The number of hydrogen-bond donors (Lipinski definition) is 1. The van der Waals surface area contributed by atoms with E-state index in [1.807, 2.05) is 38.1 Å². The summed E-state index contributed by atoms with van der Waals surface area (Å²) in [7, 11) is 0. The van der Waals surface area contributed by atoms with E-state index < -0.39 is 5.97 Å². The predicted molar refractivity (Wildman–Crippen MR) is 125 cm³/mol. The molecule has 0 aliphatic heterocycles. The minimum Gasteiger partial charge on any atom is -0.481 e. The number of unbranched alkanes of at least 4 members (excludes halogenated alkanes) is 1. The van der Waals surface area contributed by atoms with Crippen LogP contribution in [-0.2, 0) is 32.0 Å². The molecule has 0 saturated carbocycles. The number of ether oxygens (including phenoxy) is 4. The summed E-state index contributed by atoms with van der Waals surface area (Å²) in [6.07, 6.45) is 6.76. The monoisotopic (exact) mass is 442 g/mol. The first-order valence-corrected chi connectivity index (χ1v) is 11.1. The molecule has 0 bridgehead atoms. The van der Waals surface area contributed by atoms with Gasteiger partial charge in [0.1, 0.15) is 12.5 Å². The van der Waals surface area contributed by atoms with Crippen molar-refractivity contribution in [3.63, 3.8) is 0 Å². The maximum Gasteiger partial charge on any atom is 0.303 e. The third kappa shape index (κ3) is 10.6. The van der Waals surface area contributed by atoms with Gasteiger partial charge in [-0.2, -0.15) is 0 Å². The highest BCUT2D eigenvalue weighted by molar-refractivity contribution is 5.71. The zero-order chi connectivity index (χ0) is 23.0. The Kier molecular flexibility index (Phi) is 12.1. The van der Waals surface area contributed by atoms with Crippen molar-refractivity contribution >= 4 is 18.1 Å². The average molecular weight is 443 g/mol. The summed E-state index contributed by atoms with van der Waals surface area (Å²) < 4.78 is 21.8. The summed E-state index contributed by atoms with van der Waals surface area (Å²) in [5.74, 6) is -0.0143. The molecular weight excluding hydrogens is 408 g/mol. The van der Waals surface area contributed by atoms with Gasteiger partial charge in [0.15, 0.2) is 6.79 Å². The molecule has 0 atom stereocenters. The van der Waals surface area contributed by atoms with Crippen molar-refractivity contribution < 1.29 is 28.8 Å². The first-order chi connectivity index (χ1) is 15.6. The van der Waals surface area contributed by atoms with E-state index >= 15 is 0 Å². The highest BCUT2D eigenvalue weighted by atomic mass is 16.7. The van der Waals surface area contributed by atoms with Crippen molar-refractivity contribution in [2.45, 2.75) is 46.1 Å². The Morgan fingerprint density at radius 2 is 1.62 bits per heavy atom. The van der Waals surface area contributed by atoms with E-state index in [2.05, 4.69) is 30.3 Å². The van der Waals surface area contributed by atoms with Crippen LogP contribution in [-0.4, -0.2) is 37.9 Å². The highest BCUT2D eigenvalue weighted by Gasteiger charge is 2.03. The van der Waals surface area contributed by atoms with Crippen LogP contribution >= 0.6 is 0 Å². The minimum absolute atomic E-state index is 0.201. The molecule has 0 fully saturated rings. The quantitative estimate of drug-likeness (QED) is 0.209. The summed E-state index contributed by atoms with van der Waals surface area (Å²) in [6, 6.07) is 14.3. The summed E-state index contributed by atoms with van der Waals surface area (Å²) in [5, 5.41) is 8.77. The fraction of sp³-hybridized carbons (Fsp3) is 0.423. The molecule has 0 aliphatic carbocycles. The molecule has 2 rings (SSSR count). The second-order valence-electron chi connectivity index (χ2n) is 7.30. The van der Waals surface area contributed by atoms with Crippen molar-refractivity contribution in [3.05, 3.63) is 64.7 Å². The SMILES string of the molecule is CCOCOCc1cc(C=Cc2cccc(CCCCC(=O)O)c2)cc(OCOCC)c1. The lowest BCUT2D eigenvalue weighted by atomic mass is 10.0. The smallest absolute Gasteiger partial charge is 0.303 e. The van der Waals surface area contributed by atoms with E-state index in [0.29, 0.717) is 26.2 Å². The second-order valence-corrected chi connectivity index (χ2v) is 7.30. The van der Waals surface area contributed by atoms with Crippen LogP contribution in [0.15, 0.2) is 42.5 Å². The van der Waals surface area contributed by atoms with Gasteiger partial charge >= 0.3 is 5.97 Å². The van der Waals surface area contributed by atoms with Crippen LogP contribution in [0.2, 0.25) is 0 Å². The van der Waals surface area contributed by atoms with Gasteiger partial charge in [-0.25, -0.2) is 0 Å². The van der Waals surface area contributed by atoms with Crippen LogP contribution in [0.3, 0.4) is 0 Å². The first kappa shape index (κ1) is 25.6. The molecular formula is C26H34O6. The lowest BCUT2D eigenvalue weighted by molar-refractivity contribution is -0.137. The molecule has 0 radical (unpaired) electrons. The Morgan fingerprint density at radius 3 is 2.41 bits per heavy atom. The van der Waals surface area contributed by atoms with E-state index in [0.717, 1.165) is 35.3 Å². The maximum absolute atomic E-state index is 10.7. The molecule has 2 aromatic rings. The van der Waals surface area contributed by atoms with E-state index in [1.54, 1.807) is 0 Å². The van der Waals surface area contributed by atoms with Gasteiger partial charge < -0.3 is 24.1 Å². The Balaban J connectivity index is 2.05. The molecule has 0 unspecified atom stereocenters. The Bertz CT molecular complexity index is 846. The molecule has 6 heteroatoms. The van der Waals surface area contributed by atoms with Gasteiger partial charge in [0.05, 0.1) is 6.61 Å². The fourth-order valence-electron chi connectivity index (χ4n) is 3.09. The number of aliphatic carboxylic acids is 1. The van der Waals surface area contributed by atoms with Crippen molar-refractivity contribution in [1.29, 1.82) is 0 Å². The van der Waals surface area contributed by atoms with E-state index in [9.17, 15) is 4.79 Å². The Labute approximate surface area is 190 Å². The van der Waals surface area contributed by atoms with E-state index in [1.165, 1.54) is 5.56 Å². The summed E-state index contributed by atoms with van der Waals surface area (Å²) >= 11 is 0. The molecule has 2 aromatic carbocycles. The molecule has 32 heavy (non-hydrogen) atoms. The third-order valence-electron chi connectivity index (χ3n) is 4.67. The lowest BCUT2D eigenvalue weighted by Gasteiger charge is -2.10. The van der Waals surface area contributed by atoms with Gasteiger partial charge in [0.25, 0.3) is 0 Å². The fourth-order valence-corrected chi connectivity index (χ4v) is 3.09. The van der Waals surface area contributed by atoms with Crippen LogP contribution in [0, 0.1) is 0 Å². The lowest BCUT2D eigenvalue weighted by Crippen LogP contribution is -2.04. The number of benzene rings is 2. The molecule has 0 spiro atoms. The summed E-state index contributed by atoms with van der Waals surface area (Å²) in [5.41, 5.74) is 4.29. The van der Waals surface area contributed by atoms with Crippen molar-refractivity contribution in [2.75, 3.05) is 26.8 Å². The van der Waals surface area contributed by atoms with Gasteiger partial charge in [-0.15, -0.1) is 0 Å². The first-order valence-electron chi connectivity index (χ1n) is 11.1. The molecule has 1 N–H and O–H groups in total. The van der Waals surface area contributed by atoms with Gasteiger partial charge in [-0.05, 0) is 73.6 Å². The van der Waals surface area contributed by atoms with Gasteiger partial charge in [-0.1, -0.05) is 36.4 Å². The van der Waals surface area contributed by atoms with Crippen molar-refractivity contribution in [2.24, 2.45) is 0 Å². The number of rotatable bonds is 16. The number of aryl methyl sites for hydroxylation is 1. The molecule has 0 saturated heterocycles. The summed E-state index contributed by atoms with van der Waals surface area (Å²) in [4.78, 5) is 10.7. The third-order valence-corrected chi connectivity index (χ3v) is 4.67. The predicted octanol–water partition coefficient (Wildman–Crippen LogP) is 5.54. The van der Waals surface area contributed by atoms with Crippen LogP contribution < -0.4 is 4.74 Å². The Hall–Kier alpha value is -2.67. The molecule has 0 amide bonds.